The van der Waals surface area contributed by atoms with Crippen molar-refractivity contribution in [1.29, 1.82) is 0 Å². The van der Waals surface area contributed by atoms with Crippen molar-refractivity contribution in [2.24, 2.45) is 0 Å². The van der Waals surface area contributed by atoms with Crippen molar-refractivity contribution in [3.8, 4) is 10.9 Å². The maximum Gasteiger partial charge on any atom is 0.278 e. The van der Waals surface area contributed by atoms with Crippen LogP contribution in [0.3, 0.4) is 0 Å². The fourth-order valence-corrected chi connectivity index (χ4v) is 4.27. The molecule has 1 amide bonds. The molecule has 0 spiro atoms. The number of amides is 1. The van der Waals surface area contributed by atoms with Crippen LogP contribution >= 0.6 is 22.7 Å². The van der Waals surface area contributed by atoms with Crippen LogP contribution in [-0.4, -0.2) is 15.9 Å². The van der Waals surface area contributed by atoms with E-state index in [4.69, 9.17) is 4.74 Å². The zero-order chi connectivity index (χ0) is 20.9. The first-order valence-corrected chi connectivity index (χ1v) is 11.0. The molecule has 0 saturated heterocycles. The van der Waals surface area contributed by atoms with Crippen molar-refractivity contribution >= 4 is 34.3 Å². The fourth-order valence-electron chi connectivity index (χ4n) is 2.79. The minimum absolute atomic E-state index is 0.0624. The fraction of sp³-hybridized carbons (Fsp3) is 0.136. The van der Waals surface area contributed by atoms with Gasteiger partial charge in [-0.05, 0) is 24.6 Å². The number of rotatable bonds is 7. The Balaban J connectivity index is 1.34. The lowest BCUT2D eigenvalue weighted by atomic mass is 10.2. The number of nitrogens with one attached hydrogen (secondary N) is 1. The Morgan fingerprint density at radius 1 is 1.10 bits per heavy atom. The van der Waals surface area contributed by atoms with Gasteiger partial charge in [0.1, 0.15) is 0 Å². The second kappa shape index (κ2) is 9.15. The molecule has 0 saturated carbocycles. The van der Waals surface area contributed by atoms with E-state index in [0.29, 0.717) is 16.6 Å². The van der Waals surface area contributed by atoms with Crippen LogP contribution in [0.25, 0.3) is 0 Å². The standard InChI is InChI=1S/C22H18FN3O2S2/c1-14-12-30-22(24-14)28-19-8-7-16(10-18(19)23)25-20(27)11-17-13-29-21(26-17)9-15-5-3-2-4-6-15/h2-8,10,12-13H,9,11H2,1H3,(H,25,27). The van der Waals surface area contributed by atoms with Gasteiger partial charge in [-0.15, -0.1) is 11.3 Å². The van der Waals surface area contributed by atoms with Gasteiger partial charge < -0.3 is 10.1 Å². The number of ether oxygens (including phenoxy) is 1. The van der Waals surface area contributed by atoms with Gasteiger partial charge >= 0.3 is 0 Å². The van der Waals surface area contributed by atoms with Crippen LogP contribution in [0.2, 0.25) is 0 Å². The van der Waals surface area contributed by atoms with Gasteiger partial charge in [0, 0.05) is 28.9 Å². The van der Waals surface area contributed by atoms with E-state index in [1.165, 1.54) is 40.4 Å². The summed E-state index contributed by atoms with van der Waals surface area (Å²) >= 11 is 2.82. The predicted molar refractivity (Wildman–Crippen MR) is 117 cm³/mol. The lowest BCUT2D eigenvalue weighted by molar-refractivity contribution is -0.115. The third kappa shape index (κ3) is 5.28. The summed E-state index contributed by atoms with van der Waals surface area (Å²) in [6.07, 6.45) is 0.863. The molecule has 2 aromatic heterocycles. The Bertz CT molecular complexity index is 1160. The Labute approximate surface area is 181 Å². The molecule has 0 aliphatic rings. The molecule has 0 bridgehead atoms. The van der Waals surface area contributed by atoms with E-state index in [1.807, 2.05) is 48.0 Å². The normalized spacial score (nSPS) is 10.7. The molecule has 2 aromatic carbocycles. The molecule has 0 unspecified atom stereocenters. The molecule has 2 heterocycles. The number of anilines is 1. The summed E-state index contributed by atoms with van der Waals surface area (Å²) < 4.78 is 19.8. The van der Waals surface area contributed by atoms with E-state index < -0.39 is 5.82 Å². The zero-order valence-corrected chi connectivity index (χ0v) is 17.7. The van der Waals surface area contributed by atoms with E-state index in [9.17, 15) is 9.18 Å². The first-order chi connectivity index (χ1) is 14.5. The highest BCUT2D eigenvalue weighted by atomic mass is 32.1. The lowest BCUT2D eigenvalue weighted by Gasteiger charge is -2.07. The van der Waals surface area contributed by atoms with Gasteiger partial charge in [0.25, 0.3) is 5.19 Å². The number of hydrogen-bond acceptors (Lipinski definition) is 6. The number of aryl methyl sites for hydroxylation is 1. The summed E-state index contributed by atoms with van der Waals surface area (Å²) in [7, 11) is 0. The summed E-state index contributed by atoms with van der Waals surface area (Å²) in [4.78, 5) is 21.0. The second-order valence-electron chi connectivity index (χ2n) is 6.62. The number of hydrogen-bond donors (Lipinski definition) is 1. The maximum absolute atomic E-state index is 14.3. The van der Waals surface area contributed by atoms with Gasteiger partial charge in [0.2, 0.25) is 5.91 Å². The Morgan fingerprint density at radius 2 is 1.93 bits per heavy atom. The van der Waals surface area contributed by atoms with Crippen molar-refractivity contribution < 1.29 is 13.9 Å². The average molecular weight is 440 g/mol. The molecule has 0 atom stereocenters. The average Bonchev–Trinajstić information content (AvgIpc) is 3.33. The SMILES string of the molecule is Cc1csc(Oc2ccc(NC(=O)Cc3csc(Cc4ccccc4)n3)cc2F)n1. The van der Waals surface area contributed by atoms with E-state index >= 15 is 0 Å². The van der Waals surface area contributed by atoms with Crippen LogP contribution in [-0.2, 0) is 17.6 Å². The molecule has 0 aliphatic carbocycles. The Kier molecular flexibility index (Phi) is 6.15. The van der Waals surface area contributed by atoms with Crippen LogP contribution in [0.15, 0.2) is 59.3 Å². The van der Waals surface area contributed by atoms with Gasteiger partial charge in [-0.3, -0.25) is 4.79 Å². The second-order valence-corrected chi connectivity index (χ2v) is 8.39. The van der Waals surface area contributed by atoms with Crippen molar-refractivity contribution in [3.63, 3.8) is 0 Å². The predicted octanol–water partition coefficient (Wildman–Crippen LogP) is 5.61. The van der Waals surface area contributed by atoms with Gasteiger partial charge in [0.15, 0.2) is 11.6 Å². The number of nitrogens with zero attached hydrogens (tertiary/aromatic N) is 2. The molecule has 0 fully saturated rings. The molecule has 30 heavy (non-hydrogen) atoms. The largest absolute Gasteiger partial charge is 0.428 e. The van der Waals surface area contributed by atoms with Crippen molar-refractivity contribution in [2.45, 2.75) is 19.8 Å². The van der Waals surface area contributed by atoms with Gasteiger partial charge in [-0.25, -0.2) is 14.4 Å². The summed E-state index contributed by atoms with van der Waals surface area (Å²) in [5, 5.41) is 7.73. The lowest BCUT2D eigenvalue weighted by Crippen LogP contribution is -2.14. The number of aromatic nitrogens is 2. The van der Waals surface area contributed by atoms with E-state index in [0.717, 1.165) is 17.1 Å². The summed E-state index contributed by atoms with van der Waals surface area (Å²) in [5.41, 5.74) is 3.05. The Morgan fingerprint density at radius 3 is 2.67 bits per heavy atom. The molecule has 0 aliphatic heterocycles. The third-order valence-corrected chi connectivity index (χ3v) is 5.88. The van der Waals surface area contributed by atoms with Gasteiger partial charge in [0.05, 0.1) is 22.8 Å². The minimum Gasteiger partial charge on any atom is -0.428 e. The number of carbonyl (C=O) groups is 1. The molecule has 4 rings (SSSR count). The highest BCUT2D eigenvalue weighted by molar-refractivity contribution is 7.11. The highest BCUT2D eigenvalue weighted by Crippen LogP contribution is 2.29. The zero-order valence-electron chi connectivity index (χ0n) is 16.1. The van der Waals surface area contributed by atoms with Gasteiger partial charge in [-0.2, -0.15) is 0 Å². The molecule has 8 heteroatoms. The van der Waals surface area contributed by atoms with Crippen molar-refractivity contribution in [2.75, 3.05) is 5.32 Å². The molecule has 0 radical (unpaired) electrons. The molecule has 4 aromatic rings. The molecular weight excluding hydrogens is 421 g/mol. The van der Waals surface area contributed by atoms with E-state index in [2.05, 4.69) is 15.3 Å². The van der Waals surface area contributed by atoms with Crippen LogP contribution in [0.4, 0.5) is 10.1 Å². The van der Waals surface area contributed by atoms with Crippen LogP contribution in [0.1, 0.15) is 22.0 Å². The molecular formula is C22H18FN3O2S2. The monoisotopic (exact) mass is 439 g/mol. The van der Waals surface area contributed by atoms with Crippen molar-refractivity contribution in [3.05, 3.63) is 87.1 Å². The topological polar surface area (TPSA) is 64.1 Å². The Hall–Kier alpha value is -3.10. The number of halogens is 1. The van der Waals surface area contributed by atoms with Gasteiger partial charge in [-0.1, -0.05) is 41.7 Å². The smallest absolute Gasteiger partial charge is 0.278 e. The molecule has 5 nitrogen and oxygen atoms in total. The minimum atomic E-state index is -0.570. The quantitative estimate of drug-likeness (QED) is 0.406. The number of benzene rings is 2. The van der Waals surface area contributed by atoms with E-state index in [-0.39, 0.29) is 18.1 Å². The summed E-state index contributed by atoms with van der Waals surface area (Å²) in [5.74, 6) is -0.762. The van der Waals surface area contributed by atoms with Crippen LogP contribution < -0.4 is 10.1 Å². The first-order valence-electron chi connectivity index (χ1n) is 9.22. The summed E-state index contributed by atoms with van der Waals surface area (Å²) in [6, 6.07) is 14.4. The number of thiazole rings is 2. The molecule has 1 N–H and O–H groups in total. The first kappa shape index (κ1) is 20.2. The van der Waals surface area contributed by atoms with Crippen LogP contribution in [0, 0.1) is 12.7 Å². The maximum atomic E-state index is 14.3. The third-order valence-electron chi connectivity index (χ3n) is 4.15. The van der Waals surface area contributed by atoms with Crippen LogP contribution in [0.5, 0.6) is 10.9 Å². The highest BCUT2D eigenvalue weighted by Gasteiger charge is 2.12. The summed E-state index contributed by atoms with van der Waals surface area (Å²) in [6.45, 7) is 1.84. The van der Waals surface area contributed by atoms with E-state index in [1.54, 1.807) is 6.07 Å². The number of carbonyl (C=O) groups excluding carboxylic acids is 1. The van der Waals surface area contributed by atoms with Crippen molar-refractivity contribution in [1.82, 2.24) is 9.97 Å². The molecule has 152 valence electrons.